The fourth-order valence-corrected chi connectivity index (χ4v) is 2.67. The molecule has 0 saturated carbocycles. The minimum atomic E-state index is -0.282. The summed E-state index contributed by atoms with van der Waals surface area (Å²) in [5, 5.41) is 13.5. The van der Waals surface area contributed by atoms with Gasteiger partial charge in [0.05, 0.1) is 12.2 Å². The Morgan fingerprint density at radius 3 is 2.92 bits per heavy atom. The Morgan fingerprint density at radius 1 is 1.23 bits per heavy atom. The van der Waals surface area contributed by atoms with Crippen LogP contribution in [0.3, 0.4) is 0 Å². The number of nitrogens with one attached hydrogen (secondary N) is 2. The summed E-state index contributed by atoms with van der Waals surface area (Å²) in [5.74, 6) is 0.630. The molecule has 0 atom stereocenters. The lowest BCUT2D eigenvalue weighted by molar-refractivity contribution is -0.118. The summed E-state index contributed by atoms with van der Waals surface area (Å²) in [6.07, 6.45) is 1.60. The van der Waals surface area contributed by atoms with Gasteiger partial charge in [-0.05, 0) is 30.3 Å². The number of para-hydroxylation sites is 1. The number of hydrogen-bond donors (Lipinski definition) is 2. The van der Waals surface area contributed by atoms with Crippen LogP contribution in [0.4, 0.5) is 5.69 Å². The van der Waals surface area contributed by atoms with Gasteiger partial charge in [0.1, 0.15) is 12.1 Å². The number of carbonyl (C=O) groups is 2. The van der Waals surface area contributed by atoms with Crippen molar-refractivity contribution in [3.8, 4) is 11.4 Å². The number of carbonyl (C=O) groups excluding carboxylic acids is 2. The average molecular weight is 349 g/mol. The van der Waals surface area contributed by atoms with Crippen LogP contribution in [0.15, 0.2) is 54.9 Å². The Labute approximate surface area is 148 Å². The van der Waals surface area contributed by atoms with Crippen LogP contribution in [0.25, 0.3) is 5.69 Å². The molecule has 4 rings (SSSR count). The first-order chi connectivity index (χ1) is 12.7. The predicted molar refractivity (Wildman–Crippen MR) is 93.1 cm³/mol. The number of hydrogen-bond acceptors (Lipinski definition) is 5. The zero-order chi connectivity index (χ0) is 17.9. The van der Waals surface area contributed by atoms with E-state index < -0.39 is 0 Å². The second kappa shape index (κ2) is 6.67. The molecule has 0 radical (unpaired) electrons. The van der Waals surface area contributed by atoms with Crippen molar-refractivity contribution in [3.05, 3.63) is 66.2 Å². The first-order valence-electron chi connectivity index (χ1n) is 8.00. The molecule has 1 aromatic heterocycles. The van der Waals surface area contributed by atoms with E-state index in [-0.39, 0.29) is 25.0 Å². The highest BCUT2D eigenvalue weighted by molar-refractivity contribution is 5.99. The summed E-state index contributed by atoms with van der Waals surface area (Å²) in [6, 6.07) is 14.5. The van der Waals surface area contributed by atoms with Crippen molar-refractivity contribution < 1.29 is 14.3 Å². The normalized spacial score (nSPS) is 12.7. The molecule has 0 spiro atoms. The third-order valence-electron chi connectivity index (χ3n) is 3.93. The Morgan fingerprint density at radius 2 is 2.08 bits per heavy atom. The molecule has 8 heteroatoms. The van der Waals surface area contributed by atoms with E-state index in [1.54, 1.807) is 29.1 Å². The van der Waals surface area contributed by atoms with Crippen molar-refractivity contribution in [1.82, 2.24) is 20.1 Å². The third-order valence-corrected chi connectivity index (χ3v) is 3.93. The largest absolute Gasteiger partial charge is 0.482 e. The van der Waals surface area contributed by atoms with Crippen molar-refractivity contribution in [2.45, 2.75) is 6.54 Å². The maximum absolute atomic E-state index is 12.4. The van der Waals surface area contributed by atoms with Crippen molar-refractivity contribution in [2.75, 3.05) is 11.9 Å². The molecule has 0 saturated heterocycles. The monoisotopic (exact) mass is 349 g/mol. The number of anilines is 1. The van der Waals surface area contributed by atoms with Crippen LogP contribution >= 0.6 is 0 Å². The molecule has 0 fully saturated rings. The Bertz CT molecular complexity index is 968. The molecule has 26 heavy (non-hydrogen) atoms. The number of ether oxygens (including phenoxy) is 1. The Hall–Kier alpha value is -3.68. The average Bonchev–Trinajstić information content (AvgIpc) is 3.15. The molecule has 130 valence electrons. The smallest absolute Gasteiger partial charge is 0.262 e. The van der Waals surface area contributed by atoms with E-state index in [1.165, 1.54) is 0 Å². The molecule has 0 aliphatic carbocycles. The second-order valence-corrected chi connectivity index (χ2v) is 5.68. The SMILES string of the molecule is O=C1COc2ccc(C(=O)NCc3nncn3-c3ccccc3)cc2N1. The lowest BCUT2D eigenvalue weighted by Crippen LogP contribution is -2.27. The van der Waals surface area contributed by atoms with Gasteiger partial charge in [0.25, 0.3) is 11.8 Å². The fourth-order valence-electron chi connectivity index (χ4n) is 2.67. The van der Waals surface area contributed by atoms with Gasteiger partial charge in [0.15, 0.2) is 12.4 Å². The number of rotatable bonds is 4. The molecular weight excluding hydrogens is 334 g/mol. The van der Waals surface area contributed by atoms with Gasteiger partial charge in [-0.15, -0.1) is 10.2 Å². The van der Waals surface area contributed by atoms with Gasteiger partial charge >= 0.3 is 0 Å². The summed E-state index contributed by atoms with van der Waals surface area (Å²) in [7, 11) is 0. The standard InChI is InChI=1S/C18H15N5O3/c24-17-10-26-15-7-6-12(8-14(15)21-17)18(25)19-9-16-22-20-11-23(16)13-4-2-1-3-5-13/h1-8,11H,9-10H2,(H,19,25)(H,21,24). The van der Waals surface area contributed by atoms with E-state index >= 15 is 0 Å². The molecule has 0 bridgehead atoms. The first kappa shape index (κ1) is 15.8. The minimum Gasteiger partial charge on any atom is -0.482 e. The number of nitrogens with zero attached hydrogens (tertiary/aromatic N) is 3. The molecule has 2 heterocycles. The van der Waals surface area contributed by atoms with Gasteiger partial charge in [0, 0.05) is 11.3 Å². The van der Waals surface area contributed by atoms with Crippen LogP contribution in [0.1, 0.15) is 16.2 Å². The molecule has 8 nitrogen and oxygen atoms in total. The summed E-state index contributed by atoms with van der Waals surface area (Å²) < 4.78 is 7.10. The van der Waals surface area contributed by atoms with Crippen molar-refractivity contribution in [2.24, 2.45) is 0 Å². The number of amides is 2. The van der Waals surface area contributed by atoms with Gasteiger partial charge in [-0.3, -0.25) is 14.2 Å². The molecular formula is C18H15N5O3. The maximum Gasteiger partial charge on any atom is 0.262 e. The quantitative estimate of drug-likeness (QED) is 0.744. The molecule has 1 aliphatic heterocycles. The van der Waals surface area contributed by atoms with Crippen LogP contribution in [-0.4, -0.2) is 33.2 Å². The topological polar surface area (TPSA) is 98.1 Å². The van der Waals surface area contributed by atoms with E-state index in [2.05, 4.69) is 20.8 Å². The summed E-state index contributed by atoms with van der Waals surface area (Å²) in [4.78, 5) is 23.8. The molecule has 1 aliphatic rings. The van der Waals surface area contributed by atoms with Crippen LogP contribution in [0, 0.1) is 0 Å². The van der Waals surface area contributed by atoms with Crippen molar-refractivity contribution >= 4 is 17.5 Å². The molecule has 2 amide bonds. The molecule has 2 aromatic carbocycles. The molecule has 0 unspecified atom stereocenters. The van der Waals surface area contributed by atoms with Crippen molar-refractivity contribution in [1.29, 1.82) is 0 Å². The van der Waals surface area contributed by atoms with Crippen LogP contribution < -0.4 is 15.4 Å². The highest BCUT2D eigenvalue weighted by Gasteiger charge is 2.18. The number of aromatic nitrogens is 3. The van der Waals surface area contributed by atoms with E-state index in [4.69, 9.17) is 4.74 Å². The summed E-state index contributed by atoms with van der Waals surface area (Å²) in [5.41, 5.74) is 1.82. The van der Waals surface area contributed by atoms with Gasteiger partial charge in [0.2, 0.25) is 0 Å². The Kier molecular flexibility index (Phi) is 4.06. The van der Waals surface area contributed by atoms with E-state index in [1.807, 2.05) is 30.3 Å². The lowest BCUT2D eigenvalue weighted by atomic mass is 10.1. The third kappa shape index (κ3) is 3.12. The summed E-state index contributed by atoms with van der Waals surface area (Å²) in [6.45, 7) is 0.196. The number of benzene rings is 2. The zero-order valence-electron chi connectivity index (χ0n) is 13.7. The van der Waals surface area contributed by atoms with E-state index in [9.17, 15) is 9.59 Å². The minimum absolute atomic E-state index is 0.0202. The lowest BCUT2D eigenvalue weighted by Gasteiger charge is -2.18. The van der Waals surface area contributed by atoms with E-state index in [0.29, 0.717) is 22.8 Å². The zero-order valence-corrected chi connectivity index (χ0v) is 13.7. The summed E-state index contributed by atoms with van der Waals surface area (Å²) >= 11 is 0. The van der Waals surface area contributed by atoms with Gasteiger partial charge < -0.3 is 15.4 Å². The second-order valence-electron chi connectivity index (χ2n) is 5.68. The number of fused-ring (bicyclic) bond motifs is 1. The Balaban J connectivity index is 1.48. The van der Waals surface area contributed by atoms with Crippen molar-refractivity contribution in [3.63, 3.8) is 0 Å². The van der Waals surface area contributed by atoms with Gasteiger partial charge in [-0.1, -0.05) is 18.2 Å². The first-order valence-corrected chi connectivity index (χ1v) is 8.00. The van der Waals surface area contributed by atoms with Gasteiger partial charge in [-0.25, -0.2) is 0 Å². The van der Waals surface area contributed by atoms with Gasteiger partial charge in [-0.2, -0.15) is 0 Å². The highest BCUT2D eigenvalue weighted by atomic mass is 16.5. The van der Waals surface area contributed by atoms with Crippen LogP contribution in [0.2, 0.25) is 0 Å². The fraction of sp³-hybridized carbons (Fsp3) is 0.111. The van der Waals surface area contributed by atoms with Crippen LogP contribution in [-0.2, 0) is 11.3 Å². The van der Waals surface area contributed by atoms with Crippen LogP contribution in [0.5, 0.6) is 5.75 Å². The highest BCUT2D eigenvalue weighted by Crippen LogP contribution is 2.28. The molecule has 3 aromatic rings. The van der Waals surface area contributed by atoms with E-state index in [0.717, 1.165) is 5.69 Å². The molecule has 2 N–H and O–H groups in total. The predicted octanol–water partition coefficient (Wildman–Crippen LogP) is 1.53. The maximum atomic E-state index is 12.4.